The summed E-state index contributed by atoms with van der Waals surface area (Å²) in [5.41, 5.74) is 0. The molecular formula is C8H9N3O4S. The van der Waals surface area contributed by atoms with Gasteiger partial charge in [0.05, 0.1) is 18.0 Å². The van der Waals surface area contributed by atoms with Crippen molar-refractivity contribution in [3.05, 3.63) is 18.5 Å². The Kier molecular flexibility index (Phi) is 2.52. The zero-order valence-corrected chi connectivity index (χ0v) is 8.95. The van der Waals surface area contributed by atoms with Crippen molar-refractivity contribution in [3.8, 4) is 0 Å². The van der Waals surface area contributed by atoms with Crippen molar-refractivity contribution in [2.24, 2.45) is 0 Å². The molecule has 86 valence electrons. The van der Waals surface area contributed by atoms with Crippen LogP contribution in [0.15, 0.2) is 23.4 Å². The van der Waals surface area contributed by atoms with E-state index >= 15 is 0 Å². The first-order chi connectivity index (χ1) is 7.50. The third-order valence-electron chi connectivity index (χ3n) is 2.13. The fraction of sp³-hybridized carbons (Fsp3) is 0.250. The molecule has 2 N–H and O–H groups in total. The zero-order chi connectivity index (χ0) is 11.8. The van der Waals surface area contributed by atoms with Crippen LogP contribution in [-0.2, 0) is 19.6 Å². The molecule has 0 aliphatic carbocycles. The van der Waals surface area contributed by atoms with Crippen LogP contribution in [0.5, 0.6) is 0 Å². The molecule has 0 spiro atoms. The molecule has 16 heavy (non-hydrogen) atoms. The van der Waals surface area contributed by atoms with Crippen LogP contribution in [0.1, 0.15) is 0 Å². The number of aromatic amines is 1. The van der Waals surface area contributed by atoms with Crippen molar-refractivity contribution < 1.29 is 18.0 Å². The second-order valence-electron chi connectivity index (χ2n) is 3.29. The lowest BCUT2D eigenvalue weighted by molar-refractivity contribution is -0.134. The Bertz CT molecular complexity index is 503. The van der Waals surface area contributed by atoms with Crippen LogP contribution < -0.4 is 5.32 Å². The predicted molar refractivity (Wildman–Crippen MR) is 52.7 cm³/mol. The van der Waals surface area contributed by atoms with Gasteiger partial charge in [-0.05, 0) is 6.07 Å². The van der Waals surface area contributed by atoms with Gasteiger partial charge in [-0.3, -0.25) is 14.9 Å². The van der Waals surface area contributed by atoms with Gasteiger partial charge in [0.2, 0.25) is 21.8 Å². The Labute approximate surface area is 91.5 Å². The highest BCUT2D eigenvalue weighted by Gasteiger charge is 2.32. The van der Waals surface area contributed by atoms with Crippen molar-refractivity contribution in [1.29, 1.82) is 0 Å². The van der Waals surface area contributed by atoms with E-state index in [2.05, 4.69) is 4.98 Å². The van der Waals surface area contributed by atoms with Crippen LogP contribution >= 0.6 is 0 Å². The van der Waals surface area contributed by atoms with E-state index in [-0.39, 0.29) is 18.0 Å². The largest absolute Gasteiger partial charge is 0.366 e. The number of amides is 2. The first-order valence-corrected chi connectivity index (χ1v) is 5.90. The van der Waals surface area contributed by atoms with Gasteiger partial charge < -0.3 is 4.98 Å². The number of rotatable bonds is 2. The predicted octanol–water partition coefficient (Wildman–Crippen LogP) is -1.34. The maximum absolute atomic E-state index is 11.9. The van der Waals surface area contributed by atoms with Crippen molar-refractivity contribution in [3.63, 3.8) is 0 Å². The molecule has 8 heteroatoms. The van der Waals surface area contributed by atoms with Crippen molar-refractivity contribution >= 4 is 21.8 Å². The second kappa shape index (κ2) is 3.72. The van der Waals surface area contributed by atoms with Crippen molar-refractivity contribution in [2.45, 2.75) is 4.90 Å². The van der Waals surface area contributed by atoms with Crippen LogP contribution in [0.2, 0.25) is 0 Å². The van der Waals surface area contributed by atoms with Crippen molar-refractivity contribution in [1.82, 2.24) is 14.6 Å². The van der Waals surface area contributed by atoms with E-state index in [0.717, 1.165) is 4.31 Å². The van der Waals surface area contributed by atoms with Gasteiger partial charge in [-0.15, -0.1) is 0 Å². The lowest BCUT2D eigenvalue weighted by Gasteiger charge is -2.24. The Morgan fingerprint density at radius 3 is 2.31 bits per heavy atom. The number of imide groups is 1. The summed E-state index contributed by atoms with van der Waals surface area (Å²) in [5, 5.41) is 2.03. The lowest BCUT2D eigenvalue weighted by atomic mass is 10.4. The van der Waals surface area contributed by atoms with Gasteiger partial charge in [-0.2, -0.15) is 4.31 Å². The summed E-state index contributed by atoms with van der Waals surface area (Å²) in [5.74, 6) is -1.23. The molecule has 2 amide bonds. The van der Waals surface area contributed by atoms with Gasteiger partial charge in [0.25, 0.3) is 0 Å². The molecule has 1 aromatic heterocycles. The van der Waals surface area contributed by atoms with Gasteiger partial charge in [-0.1, -0.05) is 0 Å². The van der Waals surface area contributed by atoms with Crippen molar-refractivity contribution in [2.75, 3.05) is 13.1 Å². The summed E-state index contributed by atoms with van der Waals surface area (Å²) in [6, 6.07) is 1.37. The number of sulfonamides is 1. The van der Waals surface area contributed by atoms with Gasteiger partial charge in [0.1, 0.15) is 0 Å². The molecule has 0 saturated carbocycles. The third-order valence-corrected chi connectivity index (χ3v) is 3.91. The molecule has 1 saturated heterocycles. The number of carbonyl (C=O) groups excluding carboxylic acids is 2. The average molecular weight is 243 g/mol. The summed E-state index contributed by atoms with van der Waals surface area (Å²) in [6.45, 7) is -0.668. The summed E-state index contributed by atoms with van der Waals surface area (Å²) in [4.78, 5) is 24.8. The van der Waals surface area contributed by atoms with Crippen LogP contribution in [0.25, 0.3) is 0 Å². The SMILES string of the molecule is O=C1CN(S(=O)(=O)c2cc[nH]c2)CC(=O)N1. The summed E-state index contributed by atoms with van der Waals surface area (Å²) < 4.78 is 24.7. The highest BCUT2D eigenvalue weighted by atomic mass is 32.2. The number of hydrogen-bond acceptors (Lipinski definition) is 4. The van der Waals surface area contributed by atoms with Crippen LogP contribution in [-0.4, -0.2) is 42.6 Å². The van der Waals surface area contributed by atoms with E-state index in [1.54, 1.807) is 0 Å². The number of nitrogens with zero attached hydrogens (tertiary/aromatic N) is 1. The van der Waals surface area contributed by atoms with E-state index in [4.69, 9.17) is 0 Å². The highest BCUT2D eigenvalue weighted by Crippen LogP contribution is 2.15. The Morgan fingerprint density at radius 2 is 1.81 bits per heavy atom. The topological polar surface area (TPSA) is 99.3 Å². The molecule has 1 aromatic rings. The summed E-state index contributed by atoms with van der Waals surface area (Å²) in [7, 11) is -3.76. The average Bonchev–Trinajstić information content (AvgIpc) is 2.69. The van der Waals surface area contributed by atoms with E-state index in [9.17, 15) is 18.0 Å². The monoisotopic (exact) mass is 243 g/mol. The third kappa shape index (κ3) is 1.84. The van der Waals surface area contributed by atoms with E-state index in [1.165, 1.54) is 18.5 Å². The number of carbonyl (C=O) groups is 2. The molecule has 7 nitrogen and oxygen atoms in total. The van der Waals surface area contributed by atoms with E-state index in [0.29, 0.717) is 0 Å². The number of piperazine rings is 1. The Morgan fingerprint density at radius 1 is 1.19 bits per heavy atom. The fourth-order valence-electron chi connectivity index (χ4n) is 1.40. The minimum atomic E-state index is -3.76. The normalized spacial score (nSPS) is 18.5. The molecule has 0 atom stereocenters. The molecule has 2 rings (SSSR count). The molecule has 0 radical (unpaired) electrons. The molecular weight excluding hydrogens is 234 g/mol. The van der Waals surface area contributed by atoms with Gasteiger partial charge in [-0.25, -0.2) is 8.42 Å². The molecule has 0 aromatic carbocycles. The molecule has 1 aliphatic rings. The zero-order valence-electron chi connectivity index (χ0n) is 8.13. The minimum Gasteiger partial charge on any atom is -0.366 e. The quantitative estimate of drug-likeness (QED) is 0.628. The maximum atomic E-state index is 11.9. The number of nitrogens with one attached hydrogen (secondary N) is 2. The van der Waals surface area contributed by atoms with Gasteiger partial charge in [0.15, 0.2) is 0 Å². The van der Waals surface area contributed by atoms with E-state index < -0.39 is 21.8 Å². The lowest BCUT2D eigenvalue weighted by Crippen LogP contribution is -2.53. The Hall–Kier alpha value is -1.67. The molecule has 2 heterocycles. The highest BCUT2D eigenvalue weighted by molar-refractivity contribution is 7.89. The van der Waals surface area contributed by atoms with Crippen LogP contribution in [0.4, 0.5) is 0 Å². The molecule has 1 fully saturated rings. The maximum Gasteiger partial charge on any atom is 0.245 e. The van der Waals surface area contributed by atoms with Crippen LogP contribution in [0.3, 0.4) is 0 Å². The smallest absolute Gasteiger partial charge is 0.245 e. The van der Waals surface area contributed by atoms with E-state index in [1.807, 2.05) is 5.32 Å². The first-order valence-electron chi connectivity index (χ1n) is 4.46. The standard InChI is InChI=1S/C8H9N3O4S/c12-7-4-11(5-8(13)10-7)16(14,15)6-1-2-9-3-6/h1-3,9H,4-5H2,(H,10,12,13). The number of aromatic nitrogens is 1. The molecule has 1 aliphatic heterocycles. The first kappa shape index (κ1) is 10.8. The summed E-state index contributed by atoms with van der Waals surface area (Å²) in [6.07, 6.45) is 2.76. The fourth-order valence-corrected chi connectivity index (χ4v) is 2.73. The number of H-pyrrole nitrogens is 1. The van der Waals surface area contributed by atoms with Crippen LogP contribution in [0, 0.1) is 0 Å². The minimum absolute atomic E-state index is 0.0370. The summed E-state index contributed by atoms with van der Waals surface area (Å²) >= 11 is 0. The molecule has 0 bridgehead atoms. The Balaban J connectivity index is 2.31. The molecule has 0 unspecified atom stereocenters. The van der Waals surface area contributed by atoms with Gasteiger partial charge >= 0.3 is 0 Å². The second-order valence-corrected chi connectivity index (χ2v) is 5.23. The number of hydrogen-bond donors (Lipinski definition) is 2. The van der Waals surface area contributed by atoms with Gasteiger partial charge in [0, 0.05) is 12.4 Å².